The molecule has 0 unspecified atom stereocenters. The van der Waals surface area contributed by atoms with Gasteiger partial charge in [-0.25, -0.2) is 0 Å². The number of aromatic hydroxyl groups is 2. The lowest BCUT2D eigenvalue weighted by atomic mass is 9.99. The van der Waals surface area contributed by atoms with Gasteiger partial charge in [-0.15, -0.1) is 0 Å². The smallest absolute Gasteiger partial charge is 0.293 e. The van der Waals surface area contributed by atoms with Crippen LogP contribution < -0.4 is 4.74 Å². The van der Waals surface area contributed by atoms with Gasteiger partial charge in [0.25, 0.3) is 6.47 Å². The number of phenols is 2. The summed E-state index contributed by atoms with van der Waals surface area (Å²) in [4.78, 5) is 14.6. The van der Waals surface area contributed by atoms with Crippen molar-refractivity contribution in [2.24, 2.45) is 4.99 Å². The zero-order chi connectivity index (χ0) is 24.3. The molecule has 2 N–H and O–H groups in total. The molecule has 1 aromatic carbocycles. The number of rotatable bonds is 20. The molecular weight excluding hydrogens is 418 g/mol. The first kappa shape index (κ1) is 28.8. The maximum atomic E-state index is 10.9. The van der Waals surface area contributed by atoms with Gasteiger partial charge in [0.15, 0.2) is 11.5 Å². The predicted molar refractivity (Wildman–Crippen MR) is 135 cm³/mol. The molecule has 6 heteroatoms. The summed E-state index contributed by atoms with van der Waals surface area (Å²) >= 11 is 0. The van der Waals surface area contributed by atoms with Gasteiger partial charge in [0.2, 0.25) is 0 Å². The summed E-state index contributed by atoms with van der Waals surface area (Å²) in [7, 11) is 1.52. The number of phenolic OH excluding ortho intramolecular Hbond substituents is 2. The summed E-state index contributed by atoms with van der Waals surface area (Å²) in [6.07, 6.45) is 18.5. The van der Waals surface area contributed by atoms with Gasteiger partial charge in [-0.3, -0.25) is 9.79 Å². The molecule has 0 saturated carbocycles. The Balaban J connectivity index is 2.54. The second-order valence-electron chi connectivity index (χ2n) is 8.74. The largest absolute Gasteiger partial charge is 0.505 e. The van der Waals surface area contributed by atoms with Crippen LogP contribution in [0.1, 0.15) is 108 Å². The van der Waals surface area contributed by atoms with Gasteiger partial charge in [-0.05, 0) is 39.0 Å². The van der Waals surface area contributed by atoms with Crippen molar-refractivity contribution >= 4 is 18.4 Å². The molecule has 0 aliphatic carbocycles. The quantitative estimate of drug-likeness (QED) is 0.0915. The molecule has 0 amide bonds. The van der Waals surface area contributed by atoms with Crippen molar-refractivity contribution in [2.45, 2.75) is 110 Å². The summed E-state index contributed by atoms with van der Waals surface area (Å²) < 4.78 is 10.1. The maximum Gasteiger partial charge on any atom is 0.293 e. The topological polar surface area (TPSA) is 88.4 Å². The van der Waals surface area contributed by atoms with Crippen molar-refractivity contribution in [3.05, 3.63) is 11.1 Å². The lowest BCUT2D eigenvalue weighted by Crippen LogP contribution is -1.97. The van der Waals surface area contributed by atoms with E-state index in [1.54, 1.807) is 13.1 Å². The fourth-order valence-electron chi connectivity index (χ4n) is 4.05. The van der Waals surface area contributed by atoms with Gasteiger partial charge < -0.3 is 19.7 Å². The molecule has 33 heavy (non-hydrogen) atoms. The minimum Gasteiger partial charge on any atom is -0.505 e. The number of hydrogen-bond acceptors (Lipinski definition) is 6. The molecule has 0 atom stereocenters. The van der Waals surface area contributed by atoms with E-state index in [1.165, 1.54) is 64.9 Å². The normalized spacial score (nSPS) is 11.2. The fourth-order valence-corrected chi connectivity index (χ4v) is 4.05. The third-order valence-electron chi connectivity index (χ3n) is 6.08. The molecule has 0 radical (unpaired) electrons. The Labute approximate surface area is 200 Å². The van der Waals surface area contributed by atoms with E-state index in [4.69, 9.17) is 4.74 Å². The van der Waals surface area contributed by atoms with Crippen LogP contribution in [0.2, 0.25) is 0 Å². The maximum absolute atomic E-state index is 10.9. The molecule has 0 aliphatic heterocycles. The summed E-state index contributed by atoms with van der Waals surface area (Å²) in [6.45, 7) is 4.83. The van der Waals surface area contributed by atoms with E-state index in [0.717, 1.165) is 25.7 Å². The minimum absolute atomic E-state index is 0.0416. The highest BCUT2D eigenvalue weighted by atomic mass is 16.5. The van der Waals surface area contributed by atoms with Crippen LogP contribution in [0, 0.1) is 6.92 Å². The van der Waals surface area contributed by atoms with E-state index in [9.17, 15) is 15.0 Å². The number of hydrogen-bond donors (Lipinski definition) is 2. The van der Waals surface area contributed by atoms with Gasteiger partial charge >= 0.3 is 0 Å². The molecular formula is C27H45NO5. The van der Waals surface area contributed by atoms with Gasteiger partial charge in [-0.2, -0.15) is 0 Å². The van der Waals surface area contributed by atoms with E-state index in [1.807, 2.05) is 0 Å². The average molecular weight is 464 g/mol. The summed E-state index contributed by atoms with van der Waals surface area (Å²) in [5, 5.41) is 21.5. The SMILES string of the molecule is CCCCCCCCCCCCCc1c(O)c(N=CCCCCOC=O)c(C)c(O)c1OC. The Morgan fingerprint density at radius 3 is 2.03 bits per heavy atom. The Kier molecular flexibility index (Phi) is 15.9. The lowest BCUT2D eigenvalue weighted by Gasteiger charge is -2.17. The Morgan fingerprint density at radius 1 is 0.848 bits per heavy atom. The molecule has 0 spiro atoms. The third kappa shape index (κ3) is 11.0. The van der Waals surface area contributed by atoms with Crippen LogP contribution in [0.25, 0.3) is 0 Å². The molecule has 0 aromatic heterocycles. The van der Waals surface area contributed by atoms with E-state index >= 15 is 0 Å². The highest BCUT2D eigenvalue weighted by Gasteiger charge is 2.21. The number of aliphatic imine (C=N–C) groups is 1. The van der Waals surface area contributed by atoms with Crippen LogP contribution >= 0.6 is 0 Å². The number of benzene rings is 1. The molecule has 1 aromatic rings. The van der Waals surface area contributed by atoms with Crippen LogP contribution in [0.5, 0.6) is 17.2 Å². The van der Waals surface area contributed by atoms with Crippen LogP contribution in [-0.4, -0.2) is 36.6 Å². The molecule has 0 fully saturated rings. The molecule has 1 rings (SSSR count). The second kappa shape index (κ2) is 18.2. The first-order chi connectivity index (χ1) is 16.1. The molecule has 6 nitrogen and oxygen atoms in total. The molecule has 0 heterocycles. The molecule has 188 valence electrons. The van der Waals surface area contributed by atoms with Gasteiger partial charge in [0.1, 0.15) is 11.4 Å². The first-order valence-electron chi connectivity index (χ1n) is 12.8. The number of ether oxygens (including phenoxy) is 2. The van der Waals surface area contributed by atoms with Gasteiger partial charge in [0, 0.05) is 17.3 Å². The molecule has 0 bridgehead atoms. The monoisotopic (exact) mass is 463 g/mol. The first-order valence-corrected chi connectivity index (χ1v) is 12.8. The number of unbranched alkanes of at least 4 members (excludes halogenated alkanes) is 12. The zero-order valence-corrected chi connectivity index (χ0v) is 21.0. The standard InChI is InChI=1S/C27H45NO5/c1-4-5-6-7-8-9-10-11-12-13-15-18-23-26(31)24(22(2)25(30)27(23)32-3)28-19-16-14-17-20-33-21-29/h19,21,30-31H,4-18,20H2,1-3H3. The highest BCUT2D eigenvalue weighted by molar-refractivity contribution is 5.75. The Morgan fingerprint density at radius 2 is 1.45 bits per heavy atom. The number of carbonyl (C=O) groups is 1. The average Bonchev–Trinajstić information content (AvgIpc) is 2.82. The number of methoxy groups -OCH3 is 1. The summed E-state index contributed by atoms with van der Waals surface area (Å²) in [5.74, 6) is 0.483. The predicted octanol–water partition coefficient (Wildman–Crippen LogP) is 7.31. The van der Waals surface area contributed by atoms with E-state index in [0.29, 0.717) is 48.5 Å². The van der Waals surface area contributed by atoms with Crippen molar-refractivity contribution in [2.75, 3.05) is 13.7 Å². The van der Waals surface area contributed by atoms with Gasteiger partial charge in [-0.1, -0.05) is 71.1 Å². The van der Waals surface area contributed by atoms with E-state index in [-0.39, 0.29) is 11.5 Å². The zero-order valence-electron chi connectivity index (χ0n) is 21.0. The van der Waals surface area contributed by atoms with E-state index in [2.05, 4.69) is 16.7 Å². The van der Waals surface area contributed by atoms with Crippen molar-refractivity contribution in [1.29, 1.82) is 0 Å². The van der Waals surface area contributed by atoms with Crippen molar-refractivity contribution in [1.82, 2.24) is 0 Å². The summed E-state index contributed by atoms with van der Waals surface area (Å²) in [6, 6.07) is 0. The van der Waals surface area contributed by atoms with Crippen LogP contribution in [0.15, 0.2) is 4.99 Å². The summed E-state index contributed by atoms with van der Waals surface area (Å²) in [5.41, 5.74) is 1.53. The van der Waals surface area contributed by atoms with Crippen LogP contribution in [0.3, 0.4) is 0 Å². The lowest BCUT2D eigenvalue weighted by molar-refractivity contribution is -0.128. The highest BCUT2D eigenvalue weighted by Crippen LogP contribution is 2.47. The molecule has 0 saturated heterocycles. The second-order valence-corrected chi connectivity index (χ2v) is 8.74. The third-order valence-corrected chi connectivity index (χ3v) is 6.08. The fraction of sp³-hybridized carbons (Fsp3) is 0.704. The van der Waals surface area contributed by atoms with Crippen LogP contribution in [-0.2, 0) is 16.0 Å². The van der Waals surface area contributed by atoms with E-state index < -0.39 is 0 Å². The molecule has 0 aliphatic rings. The number of carbonyl (C=O) groups excluding carboxylic acids is 1. The van der Waals surface area contributed by atoms with Gasteiger partial charge in [0.05, 0.1) is 13.7 Å². The minimum atomic E-state index is 0.0416. The number of nitrogens with zero attached hydrogens (tertiary/aromatic N) is 1. The Bertz CT molecular complexity index is 702. The van der Waals surface area contributed by atoms with Crippen LogP contribution in [0.4, 0.5) is 5.69 Å². The van der Waals surface area contributed by atoms with Crippen molar-refractivity contribution in [3.8, 4) is 17.2 Å². The van der Waals surface area contributed by atoms with Crippen molar-refractivity contribution < 1.29 is 24.5 Å². The van der Waals surface area contributed by atoms with Crippen molar-refractivity contribution in [3.63, 3.8) is 0 Å². The Hall–Kier alpha value is -2.24.